The minimum Gasteiger partial charge on any atom is -0.492 e. The van der Waals surface area contributed by atoms with Gasteiger partial charge in [-0.15, -0.1) is 0 Å². The average Bonchev–Trinajstić information content (AvgIpc) is 2.48. The van der Waals surface area contributed by atoms with Crippen LogP contribution in [0.5, 0.6) is 0 Å². The Kier molecular flexibility index (Phi) is 1.95. The molecule has 15 heavy (non-hydrogen) atoms. The highest BCUT2D eigenvalue weighted by molar-refractivity contribution is 5.39. The fourth-order valence-corrected chi connectivity index (χ4v) is 1.93. The Bertz CT molecular complexity index is 537. The molecule has 2 aliphatic rings. The van der Waals surface area contributed by atoms with Gasteiger partial charge in [0.2, 0.25) is 0 Å². The van der Waals surface area contributed by atoms with E-state index in [1.165, 1.54) is 5.22 Å². The van der Waals surface area contributed by atoms with E-state index < -0.39 is 0 Å². The van der Waals surface area contributed by atoms with E-state index in [-0.39, 0.29) is 12.0 Å². The number of allylic oxidation sites excluding steroid dienone is 2. The minimum atomic E-state index is 0.0994. The van der Waals surface area contributed by atoms with Crippen LogP contribution in [0.4, 0.5) is 0 Å². The lowest BCUT2D eigenvalue weighted by Gasteiger charge is -2.18. The SMILES string of the molecule is [C]1=CC=CC2OC=c3ccccc3=CC12. The standard InChI is InChI=1S/C14H11O/c1-2-7-13-10-15-14-8-4-3-6-12(14)9-11(13)5-1/h1-5,7-10,12,14H. The normalized spacial score (nSPS) is 26.4. The molecule has 1 heteroatoms. The van der Waals surface area contributed by atoms with Gasteiger partial charge in [-0.2, -0.15) is 0 Å². The maximum Gasteiger partial charge on any atom is 0.127 e. The smallest absolute Gasteiger partial charge is 0.127 e. The van der Waals surface area contributed by atoms with E-state index in [2.05, 4.69) is 30.4 Å². The van der Waals surface area contributed by atoms with Crippen molar-refractivity contribution in [2.75, 3.05) is 0 Å². The van der Waals surface area contributed by atoms with E-state index >= 15 is 0 Å². The number of hydrogen-bond acceptors (Lipinski definition) is 1. The van der Waals surface area contributed by atoms with Crippen LogP contribution < -0.4 is 10.4 Å². The Morgan fingerprint density at radius 2 is 2.00 bits per heavy atom. The summed E-state index contributed by atoms with van der Waals surface area (Å²) in [6.45, 7) is 0. The molecule has 0 aromatic heterocycles. The van der Waals surface area contributed by atoms with Crippen LogP contribution >= 0.6 is 0 Å². The zero-order valence-electron chi connectivity index (χ0n) is 8.26. The summed E-state index contributed by atoms with van der Waals surface area (Å²) in [7, 11) is 0. The van der Waals surface area contributed by atoms with E-state index in [9.17, 15) is 0 Å². The largest absolute Gasteiger partial charge is 0.492 e. The monoisotopic (exact) mass is 195 g/mol. The zero-order valence-corrected chi connectivity index (χ0v) is 8.26. The molecule has 0 spiro atoms. The Morgan fingerprint density at radius 1 is 1.13 bits per heavy atom. The van der Waals surface area contributed by atoms with Crippen LogP contribution in [0.3, 0.4) is 0 Å². The van der Waals surface area contributed by atoms with E-state index in [4.69, 9.17) is 4.74 Å². The lowest BCUT2D eigenvalue weighted by Crippen LogP contribution is -2.23. The molecule has 0 saturated carbocycles. The van der Waals surface area contributed by atoms with Crippen molar-refractivity contribution in [3.05, 3.63) is 59.0 Å². The molecule has 1 heterocycles. The summed E-state index contributed by atoms with van der Waals surface area (Å²) < 4.78 is 5.71. The molecular formula is C14H11O. The summed E-state index contributed by atoms with van der Waals surface area (Å²) in [5.74, 6) is 0.231. The van der Waals surface area contributed by atoms with Gasteiger partial charge in [0.1, 0.15) is 6.10 Å². The molecular weight excluding hydrogens is 184 g/mol. The molecule has 1 nitrogen and oxygen atoms in total. The first kappa shape index (κ1) is 8.54. The second-order valence-electron chi connectivity index (χ2n) is 3.76. The third-order valence-corrected chi connectivity index (χ3v) is 2.75. The predicted molar refractivity (Wildman–Crippen MR) is 59.9 cm³/mol. The van der Waals surface area contributed by atoms with Crippen LogP contribution in [0, 0.1) is 12.0 Å². The molecule has 0 amide bonds. The number of ether oxygens (including phenoxy) is 1. The molecule has 2 atom stereocenters. The molecule has 1 aromatic rings. The summed E-state index contributed by atoms with van der Waals surface area (Å²) in [6, 6.07) is 8.25. The quantitative estimate of drug-likeness (QED) is 0.603. The highest BCUT2D eigenvalue weighted by Gasteiger charge is 2.18. The molecule has 1 radical (unpaired) electrons. The van der Waals surface area contributed by atoms with E-state index in [0.717, 1.165) is 5.22 Å². The van der Waals surface area contributed by atoms with E-state index in [0.29, 0.717) is 0 Å². The first-order valence-electron chi connectivity index (χ1n) is 5.12. The first-order chi connectivity index (χ1) is 7.43. The Morgan fingerprint density at radius 3 is 2.93 bits per heavy atom. The van der Waals surface area contributed by atoms with Gasteiger partial charge in [0.05, 0.1) is 6.26 Å². The third kappa shape index (κ3) is 1.50. The van der Waals surface area contributed by atoms with Crippen molar-refractivity contribution in [3.63, 3.8) is 0 Å². The maximum atomic E-state index is 5.71. The zero-order chi connectivity index (χ0) is 10.1. The topological polar surface area (TPSA) is 9.23 Å². The Hall–Kier alpha value is -1.76. The molecule has 73 valence electrons. The fraction of sp³-hybridized carbons (Fsp3) is 0.143. The summed E-state index contributed by atoms with van der Waals surface area (Å²) in [5.41, 5.74) is 0. The lowest BCUT2D eigenvalue weighted by atomic mass is 9.96. The second kappa shape index (κ2) is 3.43. The molecule has 0 N–H and O–H groups in total. The van der Waals surface area contributed by atoms with Gasteiger partial charge in [0.15, 0.2) is 0 Å². The van der Waals surface area contributed by atoms with Crippen molar-refractivity contribution in [2.24, 2.45) is 5.92 Å². The molecule has 2 unspecified atom stereocenters. The van der Waals surface area contributed by atoms with Crippen molar-refractivity contribution >= 4 is 12.3 Å². The van der Waals surface area contributed by atoms with Crippen LogP contribution in [-0.4, -0.2) is 6.10 Å². The van der Waals surface area contributed by atoms with E-state index in [1.54, 1.807) is 0 Å². The van der Waals surface area contributed by atoms with Crippen molar-refractivity contribution in [1.29, 1.82) is 0 Å². The van der Waals surface area contributed by atoms with Crippen molar-refractivity contribution < 1.29 is 4.74 Å². The van der Waals surface area contributed by atoms with Gasteiger partial charge in [-0.3, -0.25) is 0 Å². The number of rotatable bonds is 0. The van der Waals surface area contributed by atoms with Crippen molar-refractivity contribution in [2.45, 2.75) is 6.10 Å². The van der Waals surface area contributed by atoms with Gasteiger partial charge >= 0.3 is 0 Å². The van der Waals surface area contributed by atoms with E-state index in [1.807, 2.05) is 30.5 Å². The average molecular weight is 195 g/mol. The Balaban J connectivity index is 2.19. The number of hydrogen-bond donors (Lipinski definition) is 0. The maximum absolute atomic E-state index is 5.71. The van der Waals surface area contributed by atoms with Crippen LogP contribution in [0.1, 0.15) is 0 Å². The fourth-order valence-electron chi connectivity index (χ4n) is 1.93. The second-order valence-corrected chi connectivity index (χ2v) is 3.76. The molecule has 0 fully saturated rings. The van der Waals surface area contributed by atoms with Crippen LogP contribution in [0.15, 0.2) is 42.5 Å². The number of benzene rings is 1. The van der Waals surface area contributed by atoms with Crippen LogP contribution in [-0.2, 0) is 4.74 Å². The molecule has 1 aromatic carbocycles. The van der Waals surface area contributed by atoms with Gasteiger partial charge in [-0.05, 0) is 17.4 Å². The summed E-state index contributed by atoms with van der Waals surface area (Å²) in [4.78, 5) is 0. The lowest BCUT2D eigenvalue weighted by molar-refractivity contribution is 0.203. The minimum absolute atomic E-state index is 0.0994. The van der Waals surface area contributed by atoms with Crippen LogP contribution in [0.2, 0.25) is 0 Å². The summed E-state index contributed by atoms with van der Waals surface area (Å²) >= 11 is 0. The van der Waals surface area contributed by atoms with Gasteiger partial charge in [0.25, 0.3) is 0 Å². The van der Waals surface area contributed by atoms with Gasteiger partial charge < -0.3 is 4.74 Å². The van der Waals surface area contributed by atoms with Crippen LogP contribution in [0.25, 0.3) is 12.3 Å². The third-order valence-electron chi connectivity index (χ3n) is 2.75. The number of fused-ring (bicyclic) bond motifs is 2. The first-order valence-corrected chi connectivity index (χ1v) is 5.12. The van der Waals surface area contributed by atoms with Gasteiger partial charge in [-0.25, -0.2) is 0 Å². The highest BCUT2D eigenvalue weighted by Crippen LogP contribution is 2.17. The summed E-state index contributed by atoms with van der Waals surface area (Å²) in [5, 5.41) is 2.36. The molecule has 0 saturated heterocycles. The van der Waals surface area contributed by atoms with Crippen molar-refractivity contribution in [3.8, 4) is 0 Å². The molecule has 1 aliphatic heterocycles. The molecule has 1 aliphatic carbocycles. The summed E-state index contributed by atoms with van der Waals surface area (Å²) in [6.07, 6.45) is 13.4. The van der Waals surface area contributed by atoms with Gasteiger partial charge in [-0.1, -0.05) is 42.5 Å². The predicted octanol–water partition coefficient (Wildman–Crippen LogP) is 1.15. The van der Waals surface area contributed by atoms with Crippen molar-refractivity contribution in [1.82, 2.24) is 0 Å². The Labute approximate surface area is 88.7 Å². The highest BCUT2D eigenvalue weighted by atomic mass is 16.5. The molecule has 3 rings (SSSR count). The molecule has 0 bridgehead atoms. The van der Waals surface area contributed by atoms with Gasteiger partial charge in [0, 0.05) is 11.1 Å².